The second-order valence-electron chi connectivity index (χ2n) is 2.96. The van der Waals surface area contributed by atoms with Crippen LogP contribution in [0.1, 0.15) is 12.5 Å². The maximum Gasteiger partial charge on any atom is 0.244 e. The van der Waals surface area contributed by atoms with Gasteiger partial charge in [0.25, 0.3) is 0 Å². The summed E-state index contributed by atoms with van der Waals surface area (Å²) in [7, 11) is 1.61. The van der Waals surface area contributed by atoms with Gasteiger partial charge in [-0.2, -0.15) is 0 Å². The van der Waals surface area contributed by atoms with Gasteiger partial charge in [0, 0.05) is 5.57 Å². The van der Waals surface area contributed by atoms with Gasteiger partial charge < -0.3 is 10.5 Å². The van der Waals surface area contributed by atoms with Crippen LogP contribution >= 0.6 is 0 Å². The number of rotatable bonds is 3. The van der Waals surface area contributed by atoms with Crippen molar-refractivity contribution in [1.29, 1.82) is 0 Å². The van der Waals surface area contributed by atoms with Crippen LogP contribution in [0.15, 0.2) is 29.8 Å². The molecule has 1 aromatic rings. The Morgan fingerprint density at radius 1 is 1.36 bits per heavy atom. The van der Waals surface area contributed by atoms with Crippen LogP contribution in [0.4, 0.5) is 0 Å². The molecule has 1 amide bonds. The van der Waals surface area contributed by atoms with E-state index in [1.165, 1.54) is 0 Å². The topological polar surface area (TPSA) is 52.3 Å². The minimum Gasteiger partial charge on any atom is -0.497 e. The van der Waals surface area contributed by atoms with E-state index in [2.05, 4.69) is 0 Å². The van der Waals surface area contributed by atoms with Crippen molar-refractivity contribution in [1.82, 2.24) is 0 Å². The van der Waals surface area contributed by atoms with E-state index in [0.717, 1.165) is 11.3 Å². The summed E-state index contributed by atoms with van der Waals surface area (Å²) in [5.74, 6) is 0.389. The summed E-state index contributed by atoms with van der Waals surface area (Å²) < 4.78 is 5.01. The lowest BCUT2D eigenvalue weighted by Crippen LogP contribution is -2.11. The third-order valence-corrected chi connectivity index (χ3v) is 1.89. The predicted molar refractivity (Wildman–Crippen MR) is 55.8 cm³/mol. The van der Waals surface area contributed by atoms with Gasteiger partial charge in [-0.05, 0) is 30.7 Å². The molecule has 0 bridgehead atoms. The molecule has 0 spiro atoms. The molecule has 3 heteroatoms. The van der Waals surface area contributed by atoms with Crippen LogP contribution in [0.25, 0.3) is 6.08 Å². The number of primary amides is 1. The van der Waals surface area contributed by atoms with E-state index >= 15 is 0 Å². The molecule has 0 fully saturated rings. The van der Waals surface area contributed by atoms with Crippen molar-refractivity contribution in [3.05, 3.63) is 35.4 Å². The maximum absolute atomic E-state index is 10.8. The van der Waals surface area contributed by atoms with Gasteiger partial charge in [-0.1, -0.05) is 12.1 Å². The van der Waals surface area contributed by atoms with E-state index in [-0.39, 0.29) is 0 Å². The van der Waals surface area contributed by atoms with Crippen molar-refractivity contribution in [2.24, 2.45) is 5.73 Å². The minimum absolute atomic E-state index is 0.402. The average Bonchev–Trinajstić information content (AvgIpc) is 2.19. The monoisotopic (exact) mass is 191 g/mol. The van der Waals surface area contributed by atoms with Crippen LogP contribution in [0.2, 0.25) is 0 Å². The fourth-order valence-electron chi connectivity index (χ4n) is 1.02. The van der Waals surface area contributed by atoms with E-state index in [1.807, 2.05) is 24.3 Å². The fourth-order valence-corrected chi connectivity index (χ4v) is 1.02. The van der Waals surface area contributed by atoms with Gasteiger partial charge in [0.15, 0.2) is 0 Å². The molecule has 14 heavy (non-hydrogen) atoms. The molecule has 0 atom stereocenters. The first-order valence-corrected chi connectivity index (χ1v) is 4.25. The summed E-state index contributed by atoms with van der Waals surface area (Å²) in [5.41, 5.74) is 6.58. The molecule has 0 heterocycles. The smallest absolute Gasteiger partial charge is 0.244 e. The molecule has 0 aliphatic rings. The maximum atomic E-state index is 10.8. The summed E-state index contributed by atoms with van der Waals surface area (Å²) in [6.07, 6.45) is 1.74. The molecule has 3 nitrogen and oxygen atoms in total. The Labute approximate surface area is 83.2 Å². The van der Waals surface area contributed by atoms with Crippen molar-refractivity contribution in [2.45, 2.75) is 6.92 Å². The zero-order valence-corrected chi connectivity index (χ0v) is 8.28. The van der Waals surface area contributed by atoms with Crippen molar-refractivity contribution in [2.75, 3.05) is 7.11 Å². The number of amides is 1. The average molecular weight is 191 g/mol. The third kappa shape index (κ3) is 2.62. The van der Waals surface area contributed by atoms with Gasteiger partial charge in [-0.25, -0.2) is 0 Å². The number of hydrogen-bond acceptors (Lipinski definition) is 2. The Morgan fingerprint density at radius 3 is 2.36 bits per heavy atom. The highest BCUT2D eigenvalue weighted by Gasteiger charge is 1.97. The Kier molecular flexibility index (Phi) is 3.29. The Balaban J connectivity index is 2.88. The number of carbonyl (C=O) groups excluding carboxylic acids is 1. The zero-order valence-electron chi connectivity index (χ0n) is 8.28. The first kappa shape index (κ1) is 10.3. The van der Waals surface area contributed by atoms with E-state index in [0.29, 0.717) is 5.57 Å². The van der Waals surface area contributed by atoms with Gasteiger partial charge in [0.05, 0.1) is 7.11 Å². The van der Waals surface area contributed by atoms with Gasteiger partial charge in [-0.3, -0.25) is 4.79 Å². The molecular weight excluding hydrogens is 178 g/mol. The molecule has 0 radical (unpaired) electrons. The molecule has 1 rings (SSSR count). The molecule has 0 unspecified atom stereocenters. The lowest BCUT2D eigenvalue weighted by Gasteiger charge is -2.00. The molecule has 0 aromatic heterocycles. The fraction of sp³-hybridized carbons (Fsp3) is 0.182. The normalized spacial score (nSPS) is 11.1. The Morgan fingerprint density at radius 2 is 1.93 bits per heavy atom. The number of benzene rings is 1. The highest BCUT2D eigenvalue weighted by Crippen LogP contribution is 2.13. The first-order valence-electron chi connectivity index (χ1n) is 4.25. The highest BCUT2D eigenvalue weighted by molar-refractivity contribution is 5.95. The van der Waals surface area contributed by atoms with Crippen molar-refractivity contribution < 1.29 is 9.53 Å². The molecule has 74 valence electrons. The van der Waals surface area contributed by atoms with Crippen LogP contribution in [0.5, 0.6) is 5.75 Å². The van der Waals surface area contributed by atoms with Gasteiger partial charge in [-0.15, -0.1) is 0 Å². The van der Waals surface area contributed by atoms with Gasteiger partial charge >= 0.3 is 0 Å². The number of methoxy groups -OCH3 is 1. The van der Waals surface area contributed by atoms with E-state index < -0.39 is 5.91 Å². The lowest BCUT2D eigenvalue weighted by atomic mass is 10.1. The minimum atomic E-state index is -0.402. The predicted octanol–water partition coefficient (Wildman–Crippen LogP) is 1.58. The second kappa shape index (κ2) is 4.46. The Hall–Kier alpha value is -1.77. The second-order valence-corrected chi connectivity index (χ2v) is 2.96. The zero-order chi connectivity index (χ0) is 10.6. The van der Waals surface area contributed by atoms with Gasteiger partial charge in [0.1, 0.15) is 5.75 Å². The van der Waals surface area contributed by atoms with E-state index in [4.69, 9.17) is 10.5 Å². The molecule has 0 aliphatic heterocycles. The van der Waals surface area contributed by atoms with Crippen molar-refractivity contribution in [3.63, 3.8) is 0 Å². The number of nitrogens with two attached hydrogens (primary N) is 1. The summed E-state index contributed by atoms with van der Waals surface area (Å²) in [6.45, 7) is 1.69. The summed E-state index contributed by atoms with van der Waals surface area (Å²) >= 11 is 0. The van der Waals surface area contributed by atoms with Crippen LogP contribution < -0.4 is 10.5 Å². The summed E-state index contributed by atoms with van der Waals surface area (Å²) in [6, 6.07) is 7.40. The molecule has 0 saturated carbocycles. The SMILES string of the molecule is COc1ccc(/C=C(\C)C(N)=O)cc1. The molecule has 1 aromatic carbocycles. The standard InChI is InChI=1S/C11H13NO2/c1-8(11(12)13)7-9-3-5-10(14-2)6-4-9/h3-7H,1-2H3,(H2,12,13)/b8-7+. The number of carbonyl (C=O) groups is 1. The van der Waals surface area contributed by atoms with Crippen LogP contribution in [-0.4, -0.2) is 13.0 Å². The third-order valence-electron chi connectivity index (χ3n) is 1.89. The first-order chi connectivity index (χ1) is 6.63. The molecule has 0 saturated heterocycles. The lowest BCUT2D eigenvalue weighted by molar-refractivity contribution is -0.114. The largest absolute Gasteiger partial charge is 0.497 e. The van der Waals surface area contributed by atoms with Gasteiger partial charge in [0.2, 0.25) is 5.91 Å². The quantitative estimate of drug-likeness (QED) is 0.737. The summed E-state index contributed by atoms with van der Waals surface area (Å²) in [5, 5.41) is 0. The van der Waals surface area contributed by atoms with Crippen molar-refractivity contribution >= 4 is 12.0 Å². The van der Waals surface area contributed by atoms with Crippen LogP contribution in [0, 0.1) is 0 Å². The molecule has 2 N–H and O–H groups in total. The van der Waals surface area contributed by atoms with Crippen molar-refractivity contribution in [3.8, 4) is 5.75 Å². The number of ether oxygens (including phenoxy) is 1. The summed E-state index contributed by atoms with van der Waals surface area (Å²) in [4.78, 5) is 10.8. The van der Waals surface area contributed by atoms with Crippen LogP contribution in [0.3, 0.4) is 0 Å². The number of hydrogen-bond donors (Lipinski definition) is 1. The molecule has 0 aliphatic carbocycles. The van der Waals surface area contributed by atoms with Crippen LogP contribution in [-0.2, 0) is 4.79 Å². The highest BCUT2D eigenvalue weighted by atomic mass is 16.5. The van der Waals surface area contributed by atoms with E-state index in [1.54, 1.807) is 20.1 Å². The Bertz CT molecular complexity index is 352. The molecular formula is C11H13NO2. The van der Waals surface area contributed by atoms with E-state index in [9.17, 15) is 4.79 Å².